The van der Waals surface area contributed by atoms with Gasteiger partial charge in [0.1, 0.15) is 5.82 Å². The van der Waals surface area contributed by atoms with Gasteiger partial charge >= 0.3 is 0 Å². The Labute approximate surface area is 111 Å². The van der Waals surface area contributed by atoms with Crippen LogP contribution in [-0.4, -0.2) is 49.1 Å². The summed E-state index contributed by atoms with van der Waals surface area (Å²) >= 11 is 1.62. The van der Waals surface area contributed by atoms with Crippen LogP contribution in [0.3, 0.4) is 0 Å². The summed E-state index contributed by atoms with van der Waals surface area (Å²) in [5.41, 5.74) is 2.50. The molecule has 6 heteroatoms. The van der Waals surface area contributed by atoms with E-state index in [1.165, 1.54) is 11.3 Å². The smallest absolute Gasteiger partial charge is 0.189 e. The number of nitrogens with one attached hydrogen (secondary N) is 1. The molecule has 0 spiro atoms. The van der Waals surface area contributed by atoms with Crippen molar-refractivity contribution in [1.29, 1.82) is 0 Å². The van der Waals surface area contributed by atoms with Crippen molar-refractivity contribution in [3.8, 4) is 0 Å². The van der Waals surface area contributed by atoms with Gasteiger partial charge in [0.05, 0.1) is 18.9 Å². The Bertz CT molecular complexity index is 434. The van der Waals surface area contributed by atoms with Gasteiger partial charge in [-0.3, -0.25) is 0 Å². The van der Waals surface area contributed by atoms with Gasteiger partial charge in [-0.25, -0.2) is 9.97 Å². The quantitative estimate of drug-likeness (QED) is 0.627. The number of anilines is 1. The topological polar surface area (TPSA) is 50.3 Å². The van der Waals surface area contributed by atoms with Crippen molar-refractivity contribution in [2.24, 2.45) is 0 Å². The molecule has 5 nitrogen and oxygen atoms in total. The van der Waals surface area contributed by atoms with Gasteiger partial charge in [-0.2, -0.15) is 0 Å². The maximum absolute atomic E-state index is 5.42. The van der Waals surface area contributed by atoms with E-state index in [2.05, 4.69) is 15.2 Å². The third-order valence-corrected chi connectivity index (χ3v) is 3.93. The minimum atomic E-state index is 0.792. The molecule has 2 aliphatic rings. The molecule has 0 amide bonds. The summed E-state index contributed by atoms with van der Waals surface area (Å²) in [7, 11) is 0. The van der Waals surface area contributed by atoms with E-state index in [1.54, 1.807) is 11.8 Å². The van der Waals surface area contributed by atoms with Crippen LogP contribution in [0.25, 0.3) is 0 Å². The standard InChI is InChI=1S/C12H18N4OS/c1-18-12-14-10-2-3-13-8-9(10)11(15-12)16-4-6-17-7-5-16/h13H,2-8H2,1H3. The number of aromatic nitrogens is 2. The highest BCUT2D eigenvalue weighted by Gasteiger charge is 2.22. The summed E-state index contributed by atoms with van der Waals surface area (Å²) in [6, 6.07) is 0. The predicted octanol–water partition coefficient (Wildman–Crippen LogP) is 0.681. The van der Waals surface area contributed by atoms with Crippen molar-refractivity contribution < 1.29 is 4.74 Å². The highest BCUT2D eigenvalue weighted by Crippen LogP contribution is 2.26. The van der Waals surface area contributed by atoms with Crippen molar-refractivity contribution in [3.05, 3.63) is 11.3 Å². The molecule has 1 fully saturated rings. The Hall–Kier alpha value is -0.850. The van der Waals surface area contributed by atoms with Crippen molar-refractivity contribution in [1.82, 2.24) is 15.3 Å². The fraction of sp³-hybridized carbons (Fsp3) is 0.667. The molecule has 1 aromatic heterocycles. The third kappa shape index (κ3) is 2.32. The van der Waals surface area contributed by atoms with Crippen LogP contribution in [-0.2, 0) is 17.7 Å². The highest BCUT2D eigenvalue weighted by atomic mass is 32.2. The largest absolute Gasteiger partial charge is 0.378 e. The minimum absolute atomic E-state index is 0.792. The molecule has 2 aliphatic heterocycles. The summed E-state index contributed by atoms with van der Waals surface area (Å²) in [6.07, 6.45) is 3.04. The molecule has 0 aliphatic carbocycles. The average molecular weight is 266 g/mol. The number of rotatable bonds is 2. The summed E-state index contributed by atoms with van der Waals surface area (Å²) in [4.78, 5) is 11.7. The van der Waals surface area contributed by atoms with Gasteiger partial charge < -0.3 is 15.0 Å². The van der Waals surface area contributed by atoms with Gasteiger partial charge in [-0.05, 0) is 6.26 Å². The SMILES string of the molecule is CSc1nc2c(c(N3CCOCC3)n1)CNCC2. The molecule has 0 radical (unpaired) electrons. The first-order valence-corrected chi connectivity index (χ1v) is 7.58. The Kier molecular flexibility index (Phi) is 3.67. The number of fused-ring (bicyclic) bond motifs is 1. The number of nitrogens with zero attached hydrogens (tertiary/aromatic N) is 3. The minimum Gasteiger partial charge on any atom is -0.378 e. The summed E-state index contributed by atoms with van der Waals surface area (Å²) < 4.78 is 5.42. The zero-order chi connectivity index (χ0) is 12.4. The number of hydrogen-bond donors (Lipinski definition) is 1. The summed E-state index contributed by atoms with van der Waals surface area (Å²) in [6.45, 7) is 5.34. The maximum atomic E-state index is 5.42. The number of hydrogen-bond acceptors (Lipinski definition) is 6. The molecule has 1 aromatic rings. The molecule has 18 heavy (non-hydrogen) atoms. The van der Waals surface area contributed by atoms with Gasteiger partial charge in [-0.1, -0.05) is 11.8 Å². The van der Waals surface area contributed by atoms with Gasteiger partial charge in [0.2, 0.25) is 0 Å². The summed E-state index contributed by atoms with van der Waals surface area (Å²) in [5.74, 6) is 1.11. The van der Waals surface area contributed by atoms with E-state index in [0.29, 0.717) is 0 Å². The van der Waals surface area contributed by atoms with Crippen LogP contribution < -0.4 is 10.2 Å². The lowest BCUT2D eigenvalue weighted by Gasteiger charge is -2.31. The van der Waals surface area contributed by atoms with E-state index < -0.39 is 0 Å². The number of ether oxygens (including phenoxy) is 1. The Morgan fingerprint density at radius 1 is 1.28 bits per heavy atom. The number of thioether (sulfide) groups is 1. The molecule has 0 saturated carbocycles. The van der Waals surface area contributed by atoms with Gasteiger partial charge in [0, 0.05) is 38.2 Å². The molecule has 98 valence electrons. The van der Waals surface area contributed by atoms with Crippen molar-refractivity contribution >= 4 is 17.6 Å². The predicted molar refractivity (Wildman–Crippen MR) is 72.3 cm³/mol. The molecule has 3 rings (SSSR count). The van der Waals surface area contributed by atoms with Crippen molar-refractivity contribution in [2.75, 3.05) is 44.0 Å². The lowest BCUT2D eigenvalue weighted by atomic mass is 10.1. The second kappa shape index (κ2) is 5.42. The van der Waals surface area contributed by atoms with Gasteiger partial charge in [-0.15, -0.1) is 0 Å². The van der Waals surface area contributed by atoms with Crippen molar-refractivity contribution in [3.63, 3.8) is 0 Å². The Morgan fingerprint density at radius 3 is 2.89 bits per heavy atom. The molecule has 0 aromatic carbocycles. The van der Waals surface area contributed by atoms with E-state index in [4.69, 9.17) is 9.72 Å². The van der Waals surface area contributed by atoms with E-state index in [-0.39, 0.29) is 0 Å². The normalized spacial score (nSPS) is 19.7. The van der Waals surface area contributed by atoms with E-state index >= 15 is 0 Å². The van der Waals surface area contributed by atoms with Gasteiger partial charge in [0.25, 0.3) is 0 Å². The number of morpholine rings is 1. The lowest BCUT2D eigenvalue weighted by molar-refractivity contribution is 0.122. The Balaban J connectivity index is 1.99. The first kappa shape index (κ1) is 12.2. The second-order valence-corrected chi connectivity index (χ2v) is 5.26. The average Bonchev–Trinajstić information content (AvgIpc) is 2.47. The van der Waals surface area contributed by atoms with Crippen LogP contribution in [0.1, 0.15) is 11.3 Å². The molecule has 3 heterocycles. The first-order valence-electron chi connectivity index (χ1n) is 6.35. The van der Waals surface area contributed by atoms with Crippen LogP contribution in [0.2, 0.25) is 0 Å². The van der Waals surface area contributed by atoms with Crippen LogP contribution in [0.4, 0.5) is 5.82 Å². The highest BCUT2D eigenvalue weighted by molar-refractivity contribution is 7.98. The van der Waals surface area contributed by atoms with E-state index in [1.807, 2.05) is 6.26 Å². The zero-order valence-electron chi connectivity index (χ0n) is 10.6. The van der Waals surface area contributed by atoms with Crippen LogP contribution >= 0.6 is 11.8 Å². The molecular weight excluding hydrogens is 248 g/mol. The molecule has 0 atom stereocenters. The Morgan fingerprint density at radius 2 is 2.11 bits per heavy atom. The van der Waals surface area contributed by atoms with Crippen LogP contribution in [0.15, 0.2) is 5.16 Å². The van der Waals surface area contributed by atoms with E-state index in [0.717, 1.165) is 56.8 Å². The summed E-state index contributed by atoms with van der Waals surface area (Å²) in [5, 5.41) is 4.30. The second-order valence-electron chi connectivity index (χ2n) is 4.49. The van der Waals surface area contributed by atoms with Crippen LogP contribution in [0, 0.1) is 0 Å². The molecule has 1 saturated heterocycles. The van der Waals surface area contributed by atoms with Crippen LogP contribution in [0.5, 0.6) is 0 Å². The fourth-order valence-electron chi connectivity index (χ4n) is 2.43. The van der Waals surface area contributed by atoms with E-state index in [9.17, 15) is 0 Å². The molecular formula is C12H18N4OS. The third-order valence-electron chi connectivity index (χ3n) is 3.38. The maximum Gasteiger partial charge on any atom is 0.189 e. The molecule has 0 unspecified atom stereocenters. The van der Waals surface area contributed by atoms with Gasteiger partial charge in [0.15, 0.2) is 5.16 Å². The molecule has 1 N–H and O–H groups in total. The fourth-order valence-corrected chi connectivity index (χ4v) is 2.81. The lowest BCUT2D eigenvalue weighted by Crippen LogP contribution is -2.39. The van der Waals surface area contributed by atoms with Crippen molar-refractivity contribution in [2.45, 2.75) is 18.1 Å². The molecule has 0 bridgehead atoms. The first-order chi connectivity index (χ1) is 8.88. The zero-order valence-corrected chi connectivity index (χ0v) is 11.4. The monoisotopic (exact) mass is 266 g/mol.